The molecule has 3 aromatic heterocycles. The second-order valence-corrected chi connectivity index (χ2v) is 21.5. The van der Waals surface area contributed by atoms with Crippen molar-refractivity contribution in [3.63, 3.8) is 0 Å². The van der Waals surface area contributed by atoms with Crippen molar-refractivity contribution in [3.8, 4) is 67.2 Å². The summed E-state index contributed by atoms with van der Waals surface area (Å²) in [4.78, 5) is 0. The van der Waals surface area contributed by atoms with Crippen molar-refractivity contribution in [3.05, 3.63) is 234 Å². The Hall–Kier alpha value is -7.23. The maximum absolute atomic E-state index is 8.91. The highest BCUT2D eigenvalue weighted by Gasteiger charge is 2.21. The number of hydrogen-bond donors (Lipinski definition) is 0. The number of rotatable bonds is 9. The van der Waals surface area contributed by atoms with Crippen molar-refractivity contribution in [2.45, 2.75) is 135 Å². The maximum Gasteiger partial charge on any atom is 0.212 e. The molecule has 3 nitrogen and oxygen atoms in total. The predicted molar refractivity (Wildman–Crippen MR) is 327 cm³/mol. The monoisotopic (exact) mass is 1040 g/mol. The molecule has 396 valence electrons. The van der Waals surface area contributed by atoms with E-state index in [2.05, 4.69) is 171 Å². The Kier molecular flexibility index (Phi) is 13.6. The van der Waals surface area contributed by atoms with E-state index in [-0.39, 0.29) is 11.5 Å². The van der Waals surface area contributed by atoms with Gasteiger partial charge in [0.2, 0.25) is 17.1 Å². The van der Waals surface area contributed by atoms with Gasteiger partial charge in [-0.25, -0.2) is 13.7 Å². The van der Waals surface area contributed by atoms with Crippen molar-refractivity contribution in [1.82, 2.24) is 0 Å². The van der Waals surface area contributed by atoms with Crippen LogP contribution in [0.25, 0.3) is 67.2 Å². The van der Waals surface area contributed by atoms with Gasteiger partial charge in [-0.1, -0.05) is 185 Å². The molecule has 78 heavy (non-hydrogen) atoms. The van der Waals surface area contributed by atoms with Crippen molar-refractivity contribution in [2.24, 2.45) is 21.1 Å². The van der Waals surface area contributed by atoms with Crippen LogP contribution in [0, 0.1) is 20.8 Å². The van der Waals surface area contributed by atoms with Crippen LogP contribution in [0.3, 0.4) is 0 Å². The Morgan fingerprint density at radius 2 is 0.654 bits per heavy atom. The fraction of sp³-hybridized carbons (Fsp3) is 0.320. The first-order valence-corrected chi connectivity index (χ1v) is 28.1. The van der Waals surface area contributed by atoms with Crippen molar-refractivity contribution >= 4 is 0 Å². The molecule has 3 heteroatoms. The van der Waals surface area contributed by atoms with Crippen LogP contribution in [0.1, 0.15) is 164 Å². The summed E-state index contributed by atoms with van der Waals surface area (Å²) in [6, 6.07) is 61.5. The first-order chi connectivity index (χ1) is 42.6. The molecule has 3 saturated carbocycles. The quantitative estimate of drug-likeness (QED) is 0.128. The topological polar surface area (TPSA) is 11.6 Å². The first-order valence-electron chi connectivity index (χ1n) is 34.1. The number of aromatic nitrogens is 3. The molecule has 0 spiro atoms. The van der Waals surface area contributed by atoms with Crippen LogP contribution in [0.5, 0.6) is 0 Å². The molecule has 3 heterocycles. The normalized spacial score (nSPS) is 21.5. The number of nitrogens with zero attached hydrogens (tertiary/aromatic N) is 3. The van der Waals surface area contributed by atoms with E-state index < -0.39 is 37.8 Å². The van der Waals surface area contributed by atoms with Crippen LogP contribution < -0.4 is 13.7 Å². The van der Waals surface area contributed by atoms with Crippen LogP contribution in [-0.4, -0.2) is 0 Å². The highest BCUT2D eigenvalue weighted by atomic mass is 14.9. The summed E-state index contributed by atoms with van der Waals surface area (Å²) in [6.45, 7) is 6.36. The van der Waals surface area contributed by atoms with Gasteiger partial charge in [-0.2, -0.15) is 0 Å². The minimum Gasteiger partial charge on any atom is -0.200 e. The zero-order valence-corrected chi connectivity index (χ0v) is 46.5. The molecular weight excluding hydrogens is 943 g/mol. The molecule has 0 bridgehead atoms. The lowest BCUT2D eigenvalue weighted by Crippen LogP contribution is -2.30. The molecule has 12 rings (SSSR count). The summed E-state index contributed by atoms with van der Waals surface area (Å²) in [5.74, 6) is -2.69. The third-order valence-corrected chi connectivity index (χ3v) is 16.1. The maximum atomic E-state index is 8.91. The van der Waals surface area contributed by atoms with Crippen molar-refractivity contribution in [2.75, 3.05) is 0 Å². The van der Waals surface area contributed by atoms with E-state index in [4.69, 9.17) is 16.4 Å². The number of pyridine rings is 3. The van der Waals surface area contributed by atoms with Gasteiger partial charge in [0.15, 0.2) is 18.6 Å². The van der Waals surface area contributed by atoms with Gasteiger partial charge in [-0.15, -0.1) is 0 Å². The van der Waals surface area contributed by atoms with E-state index in [1.54, 1.807) is 12.1 Å². The Bertz CT molecular complexity index is 3970. The molecule has 0 unspecified atom stereocenters. The minimum absolute atomic E-state index is 0.282. The minimum atomic E-state index is -3.54. The molecule has 6 aromatic carbocycles. The standard InChI is InChI=1S/3C25H28N/c3*1-19-8-6-7-11-24(19)25-17-16-23(18-26(25)2)22-14-12-21(13-15-22)20-9-4-3-5-10-20/h3*6-8,11-18,20H,3-5,9-10H2,1-2H3/q3*+1/i3D2,4D2,5D2,9D2,10D2,20D;20D;. The van der Waals surface area contributed by atoms with E-state index >= 15 is 0 Å². The van der Waals surface area contributed by atoms with E-state index in [0.717, 1.165) is 41.1 Å². The van der Waals surface area contributed by atoms with Crippen molar-refractivity contribution < 1.29 is 30.2 Å². The van der Waals surface area contributed by atoms with Gasteiger partial charge in [0.05, 0.1) is 0 Å². The van der Waals surface area contributed by atoms with Gasteiger partial charge in [0.1, 0.15) is 21.1 Å². The molecule has 3 fully saturated rings. The Morgan fingerprint density at radius 3 is 1.01 bits per heavy atom. The average molecular weight is 1040 g/mol. The lowest BCUT2D eigenvalue weighted by atomic mass is 9.84. The average Bonchev–Trinajstić information content (AvgIpc) is 0.660. The van der Waals surface area contributed by atoms with Crippen LogP contribution in [0.15, 0.2) is 201 Å². The van der Waals surface area contributed by atoms with Gasteiger partial charge in [-0.05, 0) is 163 Å². The van der Waals surface area contributed by atoms with E-state index in [9.17, 15) is 0 Å². The zero-order valence-electron chi connectivity index (χ0n) is 58.5. The third kappa shape index (κ3) is 13.2. The van der Waals surface area contributed by atoms with Gasteiger partial charge in [0, 0.05) is 68.0 Å². The summed E-state index contributed by atoms with van der Waals surface area (Å²) >= 11 is 0. The zero-order chi connectivity index (χ0) is 64.6. The van der Waals surface area contributed by atoms with Crippen LogP contribution in [-0.2, 0) is 21.1 Å². The molecule has 0 radical (unpaired) electrons. The van der Waals surface area contributed by atoms with Gasteiger partial charge >= 0.3 is 0 Å². The molecule has 0 amide bonds. The fourth-order valence-electron chi connectivity index (χ4n) is 11.5. The molecule has 3 aliphatic rings. The molecule has 0 atom stereocenters. The van der Waals surface area contributed by atoms with Crippen LogP contribution >= 0.6 is 0 Å². The second-order valence-electron chi connectivity index (χ2n) is 21.5. The number of hydrogen-bond acceptors (Lipinski definition) is 0. The lowest BCUT2D eigenvalue weighted by molar-refractivity contribution is -0.660. The lowest BCUT2D eigenvalue weighted by Gasteiger charge is -2.22. The largest absolute Gasteiger partial charge is 0.212 e. The smallest absolute Gasteiger partial charge is 0.200 e. The van der Waals surface area contributed by atoms with Gasteiger partial charge in [-0.3, -0.25) is 0 Å². The van der Waals surface area contributed by atoms with E-state index in [1.807, 2.05) is 61.1 Å². The van der Waals surface area contributed by atoms with Gasteiger partial charge in [0.25, 0.3) is 0 Å². The second kappa shape index (κ2) is 25.9. The fourth-order valence-corrected chi connectivity index (χ4v) is 11.5. The Labute approximate surface area is 485 Å². The summed E-state index contributed by atoms with van der Waals surface area (Å²) in [6.07, 6.45) is 1.52. The molecular formula is C75H84N3+3. The molecule has 3 aliphatic carbocycles. The molecule has 0 aliphatic heterocycles. The van der Waals surface area contributed by atoms with Crippen molar-refractivity contribution in [1.29, 1.82) is 0 Å². The SMILES string of the molecule is Cc1ccccc1-c1ccc(-c2ccc(C3CCCCC3)cc2)c[n+]1C.[2H]C1([2H])C([2H])([2H])C([2H])([2H])C([2H])(c2ccc(-c3ccc(-c4ccccc4C)[n+](C)c3)cc2)C([2H])([2H])C1([2H])[2H].[2H]C1(c2ccc(-c3ccc(-c4ccccc4C)[n+](C)c3)cc2)CCCCC1. The van der Waals surface area contributed by atoms with E-state index in [1.165, 1.54) is 131 Å². The molecule has 0 N–H and O–H groups in total. The summed E-state index contributed by atoms with van der Waals surface area (Å²) in [5.41, 5.74) is 19.7. The third-order valence-electron chi connectivity index (χ3n) is 16.1. The highest BCUT2D eigenvalue weighted by Crippen LogP contribution is 2.37. The Balaban J connectivity index is 0.000000152. The summed E-state index contributed by atoms with van der Waals surface area (Å²) in [7, 11) is 6.16. The first kappa shape index (κ1) is 40.9. The molecule has 9 aromatic rings. The predicted octanol–water partition coefficient (Wildman–Crippen LogP) is 18.6. The molecule has 0 saturated heterocycles. The van der Waals surface area contributed by atoms with Gasteiger partial charge < -0.3 is 0 Å². The highest BCUT2D eigenvalue weighted by molar-refractivity contribution is 5.69. The van der Waals surface area contributed by atoms with Crippen LogP contribution in [0.2, 0.25) is 0 Å². The Morgan fingerprint density at radius 1 is 0.333 bits per heavy atom. The summed E-state index contributed by atoms with van der Waals surface area (Å²) in [5, 5.41) is 0. The number of benzene rings is 6. The number of aryl methyl sites for hydroxylation is 6. The van der Waals surface area contributed by atoms with E-state index in [0.29, 0.717) is 5.56 Å². The summed E-state index contributed by atoms with van der Waals surface area (Å²) < 4.78 is 106. The van der Waals surface area contributed by atoms with Crippen LogP contribution in [0.4, 0.5) is 0 Å².